The van der Waals surface area contributed by atoms with E-state index in [1.54, 1.807) is 30.3 Å². The van der Waals surface area contributed by atoms with E-state index in [1.807, 2.05) is 36.4 Å². The molecule has 0 bridgehead atoms. The van der Waals surface area contributed by atoms with Gasteiger partial charge in [0.15, 0.2) is 6.29 Å². The molecule has 8 nitrogen and oxygen atoms in total. The first kappa shape index (κ1) is 29.5. The molecule has 1 aliphatic carbocycles. The van der Waals surface area contributed by atoms with E-state index in [0.717, 1.165) is 52.6 Å². The van der Waals surface area contributed by atoms with Gasteiger partial charge in [-0.2, -0.15) is 0 Å². The Morgan fingerprint density at radius 1 is 1.09 bits per heavy atom. The monoisotopic (exact) mass is 612 g/mol. The minimum atomic E-state index is -0.389. The second-order valence-corrected chi connectivity index (χ2v) is 10.9. The van der Waals surface area contributed by atoms with Gasteiger partial charge >= 0.3 is 0 Å². The van der Waals surface area contributed by atoms with Crippen molar-refractivity contribution < 1.29 is 23.5 Å². The minimum Gasteiger partial charge on any atom is -0.487 e. The first-order chi connectivity index (χ1) is 21.5. The number of allylic oxidation sites excluding steroid dienone is 5. The maximum atomic E-state index is 13.5. The molecular formula is C34H30ClFN4O4. The quantitative estimate of drug-likeness (QED) is 0.141. The van der Waals surface area contributed by atoms with Crippen LogP contribution in [-0.4, -0.2) is 28.8 Å². The van der Waals surface area contributed by atoms with Crippen molar-refractivity contribution in [3.8, 4) is 5.75 Å². The van der Waals surface area contributed by atoms with E-state index in [0.29, 0.717) is 35.2 Å². The van der Waals surface area contributed by atoms with Crippen LogP contribution in [0.25, 0.3) is 16.5 Å². The molecule has 0 spiro atoms. The largest absolute Gasteiger partial charge is 0.487 e. The molecule has 2 heterocycles. The van der Waals surface area contributed by atoms with Crippen molar-refractivity contribution in [3.05, 3.63) is 119 Å². The van der Waals surface area contributed by atoms with Gasteiger partial charge < -0.3 is 14.8 Å². The molecule has 224 valence electrons. The fourth-order valence-electron chi connectivity index (χ4n) is 4.98. The standard InChI is InChI=1S/C34H30ClFN4O4/c35-29-19-27(11-13-31(29)43-20-23-4-3-5-26(36)17-23)39-34-28-18-25(10-12-30(28)37-21-38-34)24-9-7-22(16-24)8-14-32(41)40-44-33-6-1-2-15-42-33/h3-5,7-14,17-19,21,33H,1-2,6,15-16,20H2,(H,40,41)(H,37,38,39)/b14-8+. The highest BCUT2D eigenvalue weighted by molar-refractivity contribution is 6.32. The Morgan fingerprint density at radius 2 is 2.02 bits per heavy atom. The molecule has 1 fully saturated rings. The van der Waals surface area contributed by atoms with Crippen LogP contribution in [0.1, 0.15) is 36.8 Å². The van der Waals surface area contributed by atoms with Crippen LogP contribution in [0, 0.1) is 5.82 Å². The van der Waals surface area contributed by atoms with E-state index >= 15 is 0 Å². The summed E-state index contributed by atoms with van der Waals surface area (Å²) in [6, 6.07) is 17.6. The van der Waals surface area contributed by atoms with Crippen LogP contribution in [0.15, 0.2) is 96.9 Å². The Labute approximate surface area is 259 Å². The number of carbonyl (C=O) groups is 1. The average Bonchev–Trinajstić information content (AvgIpc) is 3.52. The Hall–Kier alpha value is -4.57. The lowest BCUT2D eigenvalue weighted by molar-refractivity contribution is -0.198. The Balaban J connectivity index is 1.08. The summed E-state index contributed by atoms with van der Waals surface area (Å²) in [4.78, 5) is 26.4. The van der Waals surface area contributed by atoms with Gasteiger partial charge in [0.2, 0.25) is 0 Å². The summed E-state index contributed by atoms with van der Waals surface area (Å²) >= 11 is 6.51. The summed E-state index contributed by atoms with van der Waals surface area (Å²) in [5.41, 5.74) is 7.80. The number of benzene rings is 3. The number of halogens is 2. The van der Waals surface area contributed by atoms with Crippen molar-refractivity contribution in [1.29, 1.82) is 0 Å². The van der Waals surface area contributed by atoms with Crippen molar-refractivity contribution in [2.45, 2.75) is 38.6 Å². The molecule has 4 aromatic rings. The SMILES string of the molecule is O=C(/C=C/C1=CC=C(c2ccc3ncnc(Nc4ccc(OCc5cccc(F)c5)c(Cl)c4)c3c2)C1)NOC1CCCCO1. The van der Waals surface area contributed by atoms with Crippen LogP contribution in [0.4, 0.5) is 15.9 Å². The number of amides is 1. The molecule has 1 unspecified atom stereocenters. The lowest BCUT2D eigenvalue weighted by atomic mass is 10.0. The third kappa shape index (κ3) is 7.49. The molecule has 3 aromatic carbocycles. The smallest absolute Gasteiger partial charge is 0.267 e. The molecule has 1 atom stereocenters. The Bertz CT molecular complexity index is 1770. The molecule has 10 heteroatoms. The minimum absolute atomic E-state index is 0.198. The predicted molar refractivity (Wildman–Crippen MR) is 168 cm³/mol. The van der Waals surface area contributed by atoms with E-state index in [9.17, 15) is 9.18 Å². The predicted octanol–water partition coefficient (Wildman–Crippen LogP) is 7.59. The molecular weight excluding hydrogens is 583 g/mol. The van der Waals surface area contributed by atoms with Crippen molar-refractivity contribution >= 4 is 45.5 Å². The summed E-state index contributed by atoms with van der Waals surface area (Å²) < 4.78 is 24.7. The van der Waals surface area contributed by atoms with E-state index in [4.69, 9.17) is 25.9 Å². The zero-order chi connectivity index (χ0) is 30.3. The zero-order valence-electron chi connectivity index (χ0n) is 23.8. The highest BCUT2D eigenvalue weighted by Gasteiger charge is 2.16. The summed E-state index contributed by atoms with van der Waals surface area (Å²) in [6.07, 6.45) is 11.9. The van der Waals surface area contributed by atoms with Crippen LogP contribution in [0.3, 0.4) is 0 Å². The number of hydrogen-bond acceptors (Lipinski definition) is 7. The zero-order valence-corrected chi connectivity index (χ0v) is 24.5. The van der Waals surface area contributed by atoms with Crippen LogP contribution in [-0.2, 0) is 21.0 Å². The van der Waals surface area contributed by atoms with E-state index < -0.39 is 0 Å². The number of hydrogen-bond donors (Lipinski definition) is 2. The first-order valence-electron chi connectivity index (χ1n) is 14.3. The van der Waals surface area contributed by atoms with Gasteiger partial charge in [0.25, 0.3) is 5.91 Å². The van der Waals surface area contributed by atoms with Crippen molar-refractivity contribution in [2.24, 2.45) is 0 Å². The average molecular weight is 613 g/mol. The maximum absolute atomic E-state index is 13.5. The molecule has 44 heavy (non-hydrogen) atoms. The second kappa shape index (κ2) is 13.8. The molecule has 1 amide bonds. The molecule has 1 saturated heterocycles. The molecule has 1 aromatic heterocycles. The molecule has 6 rings (SSSR count). The van der Waals surface area contributed by atoms with Gasteiger partial charge in [-0.15, -0.1) is 0 Å². The van der Waals surface area contributed by atoms with Gasteiger partial charge in [-0.05, 0) is 84.0 Å². The van der Waals surface area contributed by atoms with Gasteiger partial charge in [-0.3, -0.25) is 4.79 Å². The second-order valence-electron chi connectivity index (χ2n) is 10.5. The van der Waals surface area contributed by atoms with Crippen LogP contribution in [0.2, 0.25) is 5.02 Å². The fraction of sp³-hybridized carbons (Fsp3) is 0.206. The Kier molecular flexibility index (Phi) is 9.26. The number of hydroxylamine groups is 1. The summed E-state index contributed by atoms with van der Waals surface area (Å²) in [5, 5.41) is 4.60. The molecule has 2 N–H and O–H groups in total. The third-order valence-corrected chi connectivity index (χ3v) is 7.55. The number of rotatable bonds is 10. The molecule has 0 radical (unpaired) electrons. The lowest BCUT2D eigenvalue weighted by Crippen LogP contribution is -2.32. The van der Waals surface area contributed by atoms with Crippen LogP contribution in [0.5, 0.6) is 5.75 Å². The van der Waals surface area contributed by atoms with Crippen molar-refractivity contribution in [3.63, 3.8) is 0 Å². The summed E-state index contributed by atoms with van der Waals surface area (Å²) in [6.45, 7) is 0.844. The number of anilines is 2. The molecule has 1 aliphatic heterocycles. The molecule has 2 aliphatic rings. The van der Waals surface area contributed by atoms with Gasteiger partial charge in [0.05, 0.1) is 10.5 Å². The van der Waals surface area contributed by atoms with Crippen LogP contribution >= 0.6 is 11.6 Å². The number of fused-ring (bicyclic) bond motifs is 1. The summed E-state index contributed by atoms with van der Waals surface area (Å²) in [7, 11) is 0. The van der Waals surface area contributed by atoms with Gasteiger partial charge in [-0.25, -0.2) is 24.7 Å². The Morgan fingerprint density at radius 3 is 2.86 bits per heavy atom. The van der Waals surface area contributed by atoms with E-state index in [2.05, 4.69) is 20.8 Å². The van der Waals surface area contributed by atoms with E-state index in [1.165, 1.54) is 24.5 Å². The van der Waals surface area contributed by atoms with Crippen LogP contribution < -0.4 is 15.5 Å². The number of nitrogens with zero attached hydrogens (tertiary/aromatic N) is 2. The summed E-state index contributed by atoms with van der Waals surface area (Å²) in [5.74, 6) is 0.473. The highest BCUT2D eigenvalue weighted by atomic mass is 35.5. The lowest BCUT2D eigenvalue weighted by Gasteiger charge is -2.21. The van der Waals surface area contributed by atoms with Crippen molar-refractivity contribution in [2.75, 3.05) is 11.9 Å². The van der Waals surface area contributed by atoms with Gasteiger partial charge in [0, 0.05) is 30.2 Å². The topological polar surface area (TPSA) is 94.6 Å². The number of carbonyl (C=O) groups excluding carboxylic acids is 1. The third-order valence-electron chi connectivity index (χ3n) is 7.25. The van der Waals surface area contributed by atoms with Crippen molar-refractivity contribution in [1.82, 2.24) is 15.4 Å². The van der Waals surface area contributed by atoms with Gasteiger partial charge in [0.1, 0.15) is 30.3 Å². The van der Waals surface area contributed by atoms with E-state index in [-0.39, 0.29) is 24.6 Å². The number of aromatic nitrogens is 2. The van der Waals surface area contributed by atoms with Gasteiger partial charge in [-0.1, -0.05) is 48.0 Å². The molecule has 0 saturated carbocycles. The fourth-order valence-corrected chi connectivity index (χ4v) is 5.21. The first-order valence-corrected chi connectivity index (χ1v) is 14.7. The number of nitrogens with one attached hydrogen (secondary N) is 2. The highest BCUT2D eigenvalue weighted by Crippen LogP contribution is 2.34. The normalized spacial score (nSPS) is 16.5. The number of ether oxygens (including phenoxy) is 2. The maximum Gasteiger partial charge on any atom is 0.267 e.